The number of pyridine rings is 1. The van der Waals surface area contributed by atoms with Crippen molar-refractivity contribution in [3.8, 4) is 0 Å². The predicted octanol–water partition coefficient (Wildman–Crippen LogP) is 1.21. The molecule has 1 aliphatic heterocycles. The molecule has 0 saturated heterocycles. The highest BCUT2D eigenvalue weighted by molar-refractivity contribution is 6.06. The highest BCUT2D eigenvalue weighted by atomic mass is 16.2. The van der Waals surface area contributed by atoms with Crippen molar-refractivity contribution >= 4 is 11.6 Å². The van der Waals surface area contributed by atoms with Gasteiger partial charge in [0.25, 0.3) is 5.91 Å². The summed E-state index contributed by atoms with van der Waals surface area (Å²) in [6.07, 6.45) is 2.22. The molecule has 108 valence electrons. The number of hydrogen-bond acceptors (Lipinski definition) is 3. The molecule has 1 aromatic carbocycles. The normalized spacial score (nSPS) is 17.4. The molecule has 3 N–H and O–H groups in total. The zero-order chi connectivity index (χ0) is 15.0. The average Bonchev–Trinajstić information content (AvgIpc) is 2.45. The van der Waals surface area contributed by atoms with E-state index in [1.807, 2.05) is 24.3 Å². The van der Waals surface area contributed by atoms with Crippen LogP contribution in [0.25, 0.3) is 0 Å². The van der Waals surface area contributed by atoms with Crippen LogP contribution in [0.5, 0.6) is 0 Å². The molecule has 0 saturated carbocycles. The number of benzene rings is 1. The molecule has 21 heavy (non-hydrogen) atoms. The zero-order valence-electron chi connectivity index (χ0n) is 11.8. The summed E-state index contributed by atoms with van der Waals surface area (Å²) in [6, 6.07) is 8.99. The number of fused-ring (bicyclic) bond motifs is 1. The molecule has 0 aliphatic carbocycles. The molecule has 1 aliphatic rings. The van der Waals surface area contributed by atoms with Gasteiger partial charge in [0.15, 0.2) is 5.43 Å². The van der Waals surface area contributed by atoms with Gasteiger partial charge in [0.2, 0.25) is 0 Å². The molecule has 3 rings (SSSR count). The van der Waals surface area contributed by atoms with E-state index < -0.39 is 0 Å². The molecule has 1 unspecified atom stereocenters. The van der Waals surface area contributed by atoms with Gasteiger partial charge >= 0.3 is 0 Å². The Morgan fingerprint density at radius 3 is 2.90 bits per heavy atom. The fraction of sp³-hybridized carbons (Fsp3) is 0.250. The lowest BCUT2D eigenvalue weighted by atomic mass is 9.98. The number of carbonyl (C=O) groups is 1. The van der Waals surface area contributed by atoms with Crippen molar-refractivity contribution in [2.75, 3.05) is 11.4 Å². The Balaban J connectivity index is 2.04. The molecule has 1 aromatic heterocycles. The van der Waals surface area contributed by atoms with E-state index in [0.717, 1.165) is 23.4 Å². The van der Waals surface area contributed by atoms with Crippen LogP contribution in [0.3, 0.4) is 0 Å². The minimum Gasteiger partial charge on any atom is -0.364 e. The summed E-state index contributed by atoms with van der Waals surface area (Å²) in [5, 5.41) is 0. The summed E-state index contributed by atoms with van der Waals surface area (Å²) in [5.74, 6) is -0.307. The van der Waals surface area contributed by atoms with E-state index in [4.69, 9.17) is 5.73 Å². The molecular weight excluding hydrogens is 266 g/mol. The molecule has 0 spiro atoms. The molecular formula is C16H17N3O2. The number of amides is 1. The van der Waals surface area contributed by atoms with E-state index in [-0.39, 0.29) is 22.9 Å². The third-order valence-corrected chi connectivity index (χ3v) is 3.71. The Bertz CT molecular complexity index is 751. The summed E-state index contributed by atoms with van der Waals surface area (Å²) >= 11 is 0. The van der Waals surface area contributed by atoms with Crippen molar-refractivity contribution in [3.05, 3.63) is 63.6 Å². The third-order valence-electron chi connectivity index (χ3n) is 3.71. The summed E-state index contributed by atoms with van der Waals surface area (Å²) < 4.78 is 0. The summed E-state index contributed by atoms with van der Waals surface area (Å²) in [5.41, 5.74) is 8.51. The van der Waals surface area contributed by atoms with Gasteiger partial charge in [-0.15, -0.1) is 0 Å². The average molecular weight is 283 g/mol. The standard InChI is InChI=1S/C16H17N3O2/c1-10-6-15(20)13(8-18-10)16(21)19-9-12(17)7-11-4-2-3-5-14(11)19/h2-6,8,12H,7,9,17H2,1H3,(H,18,20). The third kappa shape index (κ3) is 2.48. The number of hydrogen-bond donors (Lipinski definition) is 2. The summed E-state index contributed by atoms with van der Waals surface area (Å²) in [7, 11) is 0. The number of aromatic nitrogens is 1. The van der Waals surface area contributed by atoms with Crippen LogP contribution < -0.4 is 16.1 Å². The first-order chi connectivity index (χ1) is 10.1. The molecule has 0 fully saturated rings. The number of nitrogens with zero attached hydrogens (tertiary/aromatic N) is 1. The number of nitrogens with two attached hydrogens (primary N) is 1. The number of aryl methyl sites for hydroxylation is 1. The van der Waals surface area contributed by atoms with Crippen LogP contribution in [0, 0.1) is 6.92 Å². The number of rotatable bonds is 1. The van der Waals surface area contributed by atoms with Gasteiger partial charge < -0.3 is 15.6 Å². The number of para-hydroxylation sites is 1. The van der Waals surface area contributed by atoms with Crippen LogP contribution >= 0.6 is 0 Å². The number of nitrogens with one attached hydrogen (secondary N) is 1. The van der Waals surface area contributed by atoms with E-state index in [1.54, 1.807) is 11.8 Å². The van der Waals surface area contributed by atoms with Crippen molar-refractivity contribution in [2.24, 2.45) is 5.73 Å². The maximum absolute atomic E-state index is 12.7. The van der Waals surface area contributed by atoms with E-state index in [1.165, 1.54) is 12.3 Å². The Kier molecular flexibility index (Phi) is 3.35. The minimum atomic E-state index is -0.307. The monoisotopic (exact) mass is 283 g/mol. The van der Waals surface area contributed by atoms with Crippen LogP contribution in [-0.2, 0) is 6.42 Å². The maximum Gasteiger partial charge on any atom is 0.263 e. The molecule has 2 heterocycles. The number of carbonyl (C=O) groups excluding carboxylic acids is 1. The van der Waals surface area contributed by atoms with Gasteiger partial charge in [0, 0.05) is 36.2 Å². The highest BCUT2D eigenvalue weighted by Crippen LogP contribution is 2.27. The van der Waals surface area contributed by atoms with Crippen molar-refractivity contribution < 1.29 is 4.79 Å². The predicted molar refractivity (Wildman–Crippen MR) is 81.6 cm³/mol. The number of aromatic amines is 1. The van der Waals surface area contributed by atoms with Crippen LogP contribution in [0.2, 0.25) is 0 Å². The summed E-state index contributed by atoms with van der Waals surface area (Å²) in [6.45, 7) is 2.20. The van der Waals surface area contributed by atoms with Gasteiger partial charge in [-0.2, -0.15) is 0 Å². The molecule has 5 nitrogen and oxygen atoms in total. The lowest BCUT2D eigenvalue weighted by Crippen LogP contribution is -2.47. The van der Waals surface area contributed by atoms with Gasteiger partial charge in [-0.1, -0.05) is 18.2 Å². The first-order valence-corrected chi connectivity index (χ1v) is 6.91. The quantitative estimate of drug-likeness (QED) is 0.825. The Morgan fingerprint density at radius 1 is 1.38 bits per heavy atom. The maximum atomic E-state index is 12.7. The second-order valence-electron chi connectivity index (χ2n) is 5.40. The van der Waals surface area contributed by atoms with E-state index in [9.17, 15) is 9.59 Å². The van der Waals surface area contributed by atoms with Crippen molar-refractivity contribution in [1.29, 1.82) is 0 Å². The van der Waals surface area contributed by atoms with Gasteiger partial charge in [-0.25, -0.2) is 0 Å². The molecule has 5 heteroatoms. The molecule has 0 radical (unpaired) electrons. The topological polar surface area (TPSA) is 79.2 Å². The van der Waals surface area contributed by atoms with Crippen molar-refractivity contribution in [3.63, 3.8) is 0 Å². The molecule has 2 aromatic rings. The molecule has 1 atom stereocenters. The lowest BCUT2D eigenvalue weighted by molar-refractivity contribution is 0.0982. The first kappa shape index (κ1) is 13.6. The lowest BCUT2D eigenvalue weighted by Gasteiger charge is -2.32. The Labute approximate surface area is 122 Å². The van der Waals surface area contributed by atoms with Crippen molar-refractivity contribution in [2.45, 2.75) is 19.4 Å². The van der Waals surface area contributed by atoms with Gasteiger partial charge in [-0.3, -0.25) is 9.59 Å². The van der Waals surface area contributed by atoms with E-state index in [0.29, 0.717) is 6.54 Å². The fourth-order valence-electron chi connectivity index (χ4n) is 2.70. The summed E-state index contributed by atoms with van der Waals surface area (Å²) in [4.78, 5) is 29.2. The number of anilines is 1. The zero-order valence-corrected chi connectivity index (χ0v) is 11.8. The second-order valence-corrected chi connectivity index (χ2v) is 5.40. The van der Waals surface area contributed by atoms with Crippen LogP contribution in [-0.4, -0.2) is 23.5 Å². The van der Waals surface area contributed by atoms with Crippen LogP contribution in [0.15, 0.2) is 41.3 Å². The van der Waals surface area contributed by atoms with E-state index >= 15 is 0 Å². The second kappa shape index (κ2) is 5.18. The Hall–Kier alpha value is -2.40. The highest BCUT2D eigenvalue weighted by Gasteiger charge is 2.28. The van der Waals surface area contributed by atoms with Crippen LogP contribution in [0.4, 0.5) is 5.69 Å². The minimum absolute atomic E-state index is 0.117. The molecule has 1 amide bonds. The smallest absolute Gasteiger partial charge is 0.263 e. The van der Waals surface area contributed by atoms with Crippen molar-refractivity contribution in [1.82, 2.24) is 4.98 Å². The largest absolute Gasteiger partial charge is 0.364 e. The van der Waals surface area contributed by atoms with Crippen LogP contribution in [0.1, 0.15) is 21.6 Å². The van der Waals surface area contributed by atoms with Gasteiger partial charge in [0.1, 0.15) is 5.56 Å². The van der Waals surface area contributed by atoms with Gasteiger partial charge in [0.05, 0.1) is 0 Å². The SMILES string of the molecule is Cc1cc(=O)c(C(=O)N2CC(N)Cc3ccccc32)c[nH]1. The number of H-pyrrole nitrogens is 1. The first-order valence-electron chi connectivity index (χ1n) is 6.91. The van der Waals surface area contributed by atoms with E-state index in [2.05, 4.69) is 4.98 Å². The van der Waals surface area contributed by atoms with Gasteiger partial charge in [-0.05, 0) is 25.0 Å². The fourth-order valence-corrected chi connectivity index (χ4v) is 2.70. The molecule has 0 bridgehead atoms. The Morgan fingerprint density at radius 2 is 2.14 bits per heavy atom.